The second-order valence-corrected chi connectivity index (χ2v) is 5.64. The highest BCUT2D eigenvalue weighted by Crippen LogP contribution is 2.34. The van der Waals surface area contributed by atoms with Crippen LogP contribution in [0.15, 0.2) is 6.33 Å². The number of nitrogen functional groups attached to an aromatic ring is 1. The van der Waals surface area contributed by atoms with Crippen LogP contribution in [0.4, 0.5) is 11.5 Å². The fraction of sp³-hybridized carbons (Fsp3) is 0.714. The first-order valence-corrected chi connectivity index (χ1v) is 7.04. The van der Waals surface area contributed by atoms with E-state index in [9.17, 15) is 0 Å². The summed E-state index contributed by atoms with van der Waals surface area (Å²) in [5.41, 5.74) is 6.73. The van der Waals surface area contributed by atoms with Crippen molar-refractivity contribution < 1.29 is 4.74 Å². The van der Waals surface area contributed by atoms with Crippen molar-refractivity contribution in [2.75, 3.05) is 17.2 Å². The molecule has 5 heteroatoms. The zero-order valence-electron chi connectivity index (χ0n) is 12.3. The Balaban J connectivity index is 2.29. The van der Waals surface area contributed by atoms with Crippen molar-refractivity contribution in [1.29, 1.82) is 0 Å². The summed E-state index contributed by atoms with van der Waals surface area (Å²) in [6.07, 6.45) is 4.03. The number of anilines is 2. The molecule has 1 aliphatic rings. The van der Waals surface area contributed by atoms with Gasteiger partial charge in [0.05, 0.1) is 6.10 Å². The van der Waals surface area contributed by atoms with Gasteiger partial charge in [0.2, 0.25) is 5.88 Å². The molecule has 2 N–H and O–H groups in total. The van der Waals surface area contributed by atoms with Crippen molar-refractivity contribution in [3.63, 3.8) is 0 Å². The summed E-state index contributed by atoms with van der Waals surface area (Å²) in [5.74, 6) is 1.95. The molecule has 1 fully saturated rings. The first-order chi connectivity index (χ1) is 9.00. The molecule has 0 radical (unpaired) electrons. The van der Waals surface area contributed by atoms with E-state index in [0.717, 1.165) is 12.4 Å². The molecule has 0 aliphatic carbocycles. The number of nitrogens with two attached hydrogens (primary N) is 1. The Labute approximate surface area is 115 Å². The standard InChI is InChI=1S/C14H24N4O/c1-9(2)19-14-12(15)13(16-8-17-14)18-7-5-6-10(3)11(18)4/h8-11H,5-7,15H2,1-4H3. The topological polar surface area (TPSA) is 64.3 Å². The molecule has 1 aromatic rings. The van der Waals surface area contributed by atoms with Gasteiger partial charge in [0.25, 0.3) is 0 Å². The molecule has 2 heterocycles. The summed E-state index contributed by atoms with van der Waals surface area (Å²) in [4.78, 5) is 10.8. The number of hydrogen-bond acceptors (Lipinski definition) is 5. The van der Waals surface area contributed by atoms with Gasteiger partial charge in [0, 0.05) is 12.6 Å². The van der Waals surface area contributed by atoms with Gasteiger partial charge in [0.15, 0.2) is 5.82 Å². The Morgan fingerprint density at radius 2 is 2.11 bits per heavy atom. The van der Waals surface area contributed by atoms with Crippen LogP contribution in [-0.2, 0) is 0 Å². The van der Waals surface area contributed by atoms with Crippen molar-refractivity contribution in [3.8, 4) is 5.88 Å². The summed E-state index contributed by atoms with van der Waals surface area (Å²) in [6.45, 7) is 9.43. The van der Waals surface area contributed by atoms with Crippen LogP contribution in [0, 0.1) is 5.92 Å². The average molecular weight is 264 g/mol. The minimum atomic E-state index is 0.0581. The third-order valence-corrected chi connectivity index (χ3v) is 3.82. The third-order valence-electron chi connectivity index (χ3n) is 3.82. The Morgan fingerprint density at radius 3 is 2.79 bits per heavy atom. The van der Waals surface area contributed by atoms with Crippen LogP contribution in [0.1, 0.15) is 40.5 Å². The molecule has 2 atom stereocenters. The molecule has 2 unspecified atom stereocenters. The lowest BCUT2D eigenvalue weighted by Crippen LogP contribution is -2.43. The molecule has 2 rings (SSSR count). The van der Waals surface area contributed by atoms with E-state index < -0.39 is 0 Å². The van der Waals surface area contributed by atoms with Gasteiger partial charge >= 0.3 is 0 Å². The number of nitrogens with zero attached hydrogens (tertiary/aromatic N) is 3. The molecule has 106 valence electrons. The van der Waals surface area contributed by atoms with E-state index in [4.69, 9.17) is 10.5 Å². The Hall–Kier alpha value is -1.52. The lowest BCUT2D eigenvalue weighted by Gasteiger charge is -2.39. The van der Waals surface area contributed by atoms with Crippen LogP contribution in [0.3, 0.4) is 0 Å². The van der Waals surface area contributed by atoms with E-state index in [2.05, 4.69) is 28.7 Å². The first-order valence-electron chi connectivity index (χ1n) is 7.04. The van der Waals surface area contributed by atoms with Gasteiger partial charge in [0.1, 0.15) is 12.0 Å². The maximum absolute atomic E-state index is 6.18. The van der Waals surface area contributed by atoms with E-state index in [-0.39, 0.29) is 6.10 Å². The van der Waals surface area contributed by atoms with Crippen LogP contribution in [0.25, 0.3) is 0 Å². The summed E-state index contributed by atoms with van der Waals surface area (Å²) < 4.78 is 5.64. The highest BCUT2D eigenvalue weighted by atomic mass is 16.5. The largest absolute Gasteiger partial charge is 0.473 e. The number of rotatable bonds is 3. The van der Waals surface area contributed by atoms with E-state index >= 15 is 0 Å². The fourth-order valence-electron chi connectivity index (χ4n) is 2.55. The molecule has 19 heavy (non-hydrogen) atoms. The van der Waals surface area contributed by atoms with Crippen molar-refractivity contribution in [3.05, 3.63) is 6.33 Å². The zero-order chi connectivity index (χ0) is 14.0. The summed E-state index contributed by atoms with van der Waals surface area (Å²) in [5, 5.41) is 0. The molecule has 0 amide bonds. The number of aromatic nitrogens is 2. The molecule has 1 saturated heterocycles. The van der Waals surface area contributed by atoms with Crippen molar-refractivity contribution in [2.24, 2.45) is 5.92 Å². The van der Waals surface area contributed by atoms with E-state index in [1.54, 1.807) is 0 Å². The predicted octanol–water partition coefficient (Wildman–Crippen LogP) is 2.47. The smallest absolute Gasteiger partial charge is 0.242 e. The normalized spacial score (nSPS) is 23.7. The minimum Gasteiger partial charge on any atom is -0.473 e. The molecule has 0 bridgehead atoms. The molecule has 5 nitrogen and oxygen atoms in total. The lowest BCUT2D eigenvalue weighted by molar-refractivity contribution is 0.233. The molecule has 1 aromatic heterocycles. The summed E-state index contributed by atoms with van der Waals surface area (Å²) >= 11 is 0. The zero-order valence-corrected chi connectivity index (χ0v) is 12.3. The maximum atomic E-state index is 6.18. The second-order valence-electron chi connectivity index (χ2n) is 5.64. The number of ether oxygens (including phenoxy) is 1. The van der Waals surface area contributed by atoms with Gasteiger partial charge in [-0.05, 0) is 39.5 Å². The maximum Gasteiger partial charge on any atom is 0.242 e. The van der Waals surface area contributed by atoms with E-state index in [0.29, 0.717) is 23.5 Å². The van der Waals surface area contributed by atoms with Crippen LogP contribution in [0.5, 0.6) is 5.88 Å². The SMILES string of the molecule is CC(C)Oc1ncnc(N2CCCC(C)C2C)c1N. The van der Waals surface area contributed by atoms with Crippen molar-refractivity contribution in [2.45, 2.75) is 52.7 Å². The third kappa shape index (κ3) is 2.91. The van der Waals surface area contributed by atoms with Gasteiger partial charge < -0.3 is 15.4 Å². The fourth-order valence-corrected chi connectivity index (χ4v) is 2.55. The Kier molecular flexibility index (Phi) is 4.12. The highest BCUT2D eigenvalue weighted by molar-refractivity contribution is 5.68. The van der Waals surface area contributed by atoms with Gasteiger partial charge in [-0.1, -0.05) is 6.92 Å². The Morgan fingerprint density at radius 1 is 1.37 bits per heavy atom. The minimum absolute atomic E-state index is 0.0581. The number of piperidine rings is 1. The summed E-state index contributed by atoms with van der Waals surface area (Å²) in [7, 11) is 0. The lowest BCUT2D eigenvalue weighted by atomic mass is 9.92. The van der Waals surface area contributed by atoms with Crippen LogP contribution in [0.2, 0.25) is 0 Å². The molecular formula is C14H24N4O. The van der Waals surface area contributed by atoms with Gasteiger partial charge in [-0.3, -0.25) is 0 Å². The van der Waals surface area contributed by atoms with E-state index in [1.165, 1.54) is 19.2 Å². The average Bonchev–Trinajstić information content (AvgIpc) is 2.35. The van der Waals surface area contributed by atoms with Gasteiger partial charge in [-0.25, -0.2) is 4.98 Å². The van der Waals surface area contributed by atoms with Crippen LogP contribution in [-0.4, -0.2) is 28.7 Å². The van der Waals surface area contributed by atoms with Crippen LogP contribution < -0.4 is 15.4 Å². The van der Waals surface area contributed by atoms with Crippen LogP contribution >= 0.6 is 0 Å². The number of hydrogen-bond donors (Lipinski definition) is 1. The van der Waals surface area contributed by atoms with Gasteiger partial charge in [-0.15, -0.1) is 0 Å². The quantitative estimate of drug-likeness (QED) is 0.908. The molecular weight excluding hydrogens is 240 g/mol. The van der Waals surface area contributed by atoms with Crippen molar-refractivity contribution >= 4 is 11.5 Å². The molecule has 0 saturated carbocycles. The first kappa shape index (κ1) is 13.9. The highest BCUT2D eigenvalue weighted by Gasteiger charge is 2.28. The second kappa shape index (κ2) is 5.63. The Bertz CT molecular complexity index is 435. The molecule has 1 aliphatic heterocycles. The monoisotopic (exact) mass is 264 g/mol. The van der Waals surface area contributed by atoms with E-state index in [1.807, 2.05) is 13.8 Å². The molecule has 0 aromatic carbocycles. The summed E-state index contributed by atoms with van der Waals surface area (Å²) in [6, 6.07) is 0.442. The predicted molar refractivity (Wildman–Crippen MR) is 77.4 cm³/mol. The van der Waals surface area contributed by atoms with Crippen molar-refractivity contribution in [1.82, 2.24) is 9.97 Å². The van der Waals surface area contributed by atoms with Gasteiger partial charge in [-0.2, -0.15) is 4.98 Å². The molecule has 0 spiro atoms.